The molecule has 98 valence electrons. The molecule has 0 aromatic carbocycles. The minimum absolute atomic E-state index is 0.134. The minimum atomic E-state index is -0.786. The van der Waals surface area contributed by atoms with E-state index in [1.807, 2.05) is 31.7 Å². The Morgan fingerprint density at radius 3 is 2.67 bits per heavy atom. The first kappa shape index (κ1) is 14.4. The Bertz CT molecular complexity index is 396. The van der Waals surface area contributed by atoms with Crippen molar-refractivity contribution < 1.29 is 4.39 Å². The van der Waals surface area contributed by atoms with Crippen molar-refractivity contribution in [2.75, 3.05) is 18.0 Å². The molecule has 1 saturated heterocycles. The molecule has 2 rings (SSSR count). The van der Waals surface area contributed by atoms with Crippen molar-refractivity contribution >= 4 is 5.82 Å². The fourth-order valence-corrected chi connectivity index (χ4v) is 1.87. The highest BCUT2D eigenvalue weighted by Crippen LogP contribution is 2.23. The SMILES string of the molecule is CC.CC1CCN(c2ccc(C#N)cn2)CC1F. The Morgan fingerprint density at radius 2 is 2.17 bits per heavy atom. The van der Waals surface area contributed by atoms with Crippen LogP contribution in [-0.4, -0.2) is 24.2 Å². The summed E-state index contributed by atoms with van der Waals surface area (Å²) < 4.78 is 13.5. The fourth-order valence-electron chi connectivity index (χ4n) is 1.87. The molecule has 1 aromatic heterocycles. The fraction of sp³-hybridized carbons (Fsp3) is 0.571. The molecule has 0 aliphatic carbocycles. The van der Waals surface area contributed by atoms with Crippen LogP contribution >= 0.6 is 0 Å². The Balaban J connectivity index is 0.000000771. The lowest BCUT2D eigenvalue weighted by Crippen LogP contribution is -2.41. The zero-order valence-corrected chi connectivity index (χ0v) is 11.2. The molecule has 2 unspecified atom stereocenters. The van der Waals surface area contributed by atoms with Gasteiger partial charge in [0.2, 0.25) is 0 Å². The molecule has 0 amide bonds. The highest BCUT2D eigenvalue weighted by molar-refractivity contribution is 5.42. The first-order valence-corrected chi connectivity index (χ1v) is 6.46. The van der Waals surface area contributed by atoms with E-state index in [-0.39, 0.29) is 5.92 Å². The summed E-state index contributed by atoms with van der Waals surface area (Å²) >= 11 is 0. The zero-order chi connectivity index (χ0) is 13.5. The predicted molar refractivity (Wildman–Crippen MR) is 71.2 cm³/mol. The monoisotopic (exact) mass is 249 g/mol. The van der Waals surface area contributed by atoms with Gasteiger partial charge in [-0.15, -0.1) is 0 Å². The second kappa shape index (κ2) is 6.95. The Hall–Kier alpha value is -1.63. The molecule has 4 heteroatoms. The molecule has 1 fully saturated rings. The van der Waals surface area contributed by atoms with Gasteiger partial charge >= 0.3 is 0 Å². The molecule has 2 atom stereocenters. The third-order valence-electron chi connectivity index (χ3n) is 3.07. The van der Waals surface area contributed by atoms with Gasteiger partial charge in [0.15, 0.2) is 0 Å². The van der Waals surface area contributed by atoms with Gasteiger partial charge in [-0.05, 0) is 24.5 Å². The number of pyridine rings is 1. The molecule has 0 bridgehead atoms. The summed E-state index contributed by atoms with van der Waals surface area (Å²) in [6, 6.07) is 5.51. The number of nitriles is 1. The van der Waals surface area contributed by atoms with E-state index in [0.717, 1.165) is 18.8 Å². The molecule has 0 radical (unpaired) electrons. The summed E-state index contributed by atoms with van der Waals surface area (Å²) in [5, 5.41) is 8.65. The van der Waals surface area contributed by atoms with Crippen LogP contribution in [0.3, 0.4) is 0 Å². The van der Waals surface area contributed by atoms with Gasteiger partial charge in [0.05, 0.1) is 12.1 Å². The maximum Gasteiger partial charge on any atom is 0.128 e. The highest BCUT2D eigenvalue weighted by atomic mass is 19.1. The molecule has 0 N–H and O–H groups in total. The quantitative estimate of drug-likeness (QED) is 0.767. The average Bonchev–Trinajstić information content (AvgIpc) is 2.44. The van der Waals surface area contributed by atoms with Gasteiger partial charge in [-0.25, -0.2) is 9.37 Å². The number of rotatable bonds is 1. The first-order chi connectivity index (χ1) is 8.70. The van der Waals surface area contributed by atoms with Crippen molar-refractivity contribution in [3.8, 4) is 6.07 Å². The van der Waals surface area contributed by atoms with Gasteiger partial charge in [-0.3, -0.25) is 0 Å². The van der Waals surface area contributed by atoms with Gasteiger partial charge < -0.3 is 4.90 Å². The number of piperidine rings is 1. The van der Waals surface area contributed by atoms with Crippen molar-refractivity contribution in [1.82, 2.24) is 4.98 Å². The van der Waals surface area contributed by atoms with Gasteiger partial charge in [-0.2, -0.15) is 5.26 Å². The number of anilines is 1. The highest BCUT2D eigenvalue weighted by Gasteiger charge is 2.26. The molecule has 1 aliphatic heterocycles. The number of aromatic nitrogens is 1. The standard InChI is InChI=1S/C12H14FN3.C2H6/c1-9-4-5-16(8-11(9)13)12-3-2-10(6-14)7-15-12;1-2/h2-3,7,9,11H,4-5,8H2,1H3;1-2H3. The molecule has 3 nitrogen and oxygen atoms in total. The van der Waals surface area contributed by atoms with E-state index in [2.05, 4.69) is 4.98 Å². The lowest BCUT2D eigenvalue weighted by molar-refractivity contribution is 0.211. The van der Waals surface area contributed by atoms with E-state index in [0.29, 0.717) is 12.1 Å². The van der Waals surface area contributed by atoms with Crippen molar-refractivity contribution in [3.63, 3.8) is 0 Å². The van der Waals surface area contributed by atoms with Crippen molar-refractivity contribution in [2.24, 2.45) is 5.92 Å². The van der Waals surface area contributed by atoms with Gasteiger partial charge in [-0.1, -0.05) is 20.8 Å². The predicted octanol–water partition coefficient (Wildman–Crippen LogP) is 3.16. The normalized spacial score (nSPS) is 22.7. The van der Waals surface area contributed by atoms with Crippen LogP contribution in [-0.2, 0) is 0 Å². The lowest BCUT2D eigenvalue weighted by atomic mass is 9.97. The van der Waals surface area contributed by atoms with E-state index in [1.165, 1.54) is 6.20 Å². The van der Waals surface area contributed by atoms with Crippen LogP contribution in [0.5, 0.6) is 0 Å². The maximum atomic E-state index is 13.5. The Morgan fingerprint density at radius 1 is 1.44 bits per heavy atom. The molecule has 0 saturated carbocycles. The smallest absolute Gasteiger partial charge is 0.128 e. The third-order valence-corrected chi connectivity index (χ3v) is 3.07. The van der Waals surface area contributed by atoms with Gasteiger partial charge in [0, 0.05) is 12.7 Å². The van der Waals surface area contributed by atoms with E-state index in [1.54, 1.807) is 12.1 Å². The van der Waals surface area contributed by atoms with Crippen LogP contribution in [0, 0.1) is 17.2 Å². The second-order valence-electron chi connectivity index (χ2n) is 4.24. The lowest BCUT2D eigenvalue weighted by Gasteiger charge is -2.33. The van der Waals surface area contributed by atoms with Crippen LogP contribution in [0.25, 0.3) is 0 Å². The van der Waals surface area contributed by atoms with Gasteiger partial charge in [0.1, 0.15) is 18.1 Å². The van der Waals surface area contributed by atoms with Crippen molar-refractivity contribution in [2.45, 2.75) is 33.4 Å². The van der Waals surface area contributed by atoms with E-state index < -0.39 is 6.17 Å². The number of hydrogen-bond acceptors (Lipinski definition) is 3. The molecule has 18 heavy (non-hydrogen) atoms. The van der Waals surface area contributed by atoms with Gasteiger partial charge in [0.25, 0.3) is 0 Å². The molecular weight excluding hydrogens is 229 g/mol. The van der Waals surface area contributed by atoms with Crippen molar-refractivity contribution in [3.05, 3.63) is 23.9 Å². The van der Waals surface area contributed by atoms with Crippen molar-refractivity contribution in [1.29, 1.82) is 5.26 Å². The summed E-state index contributed by atoms with van der Waals surface area (Å²) in [5.74, 6) is 0.892. The minimum Gasteiger partial charge on any atom is -0.354 e. The summed E-state index contributed by atoms with van der Waals surface area (Å²) in [6.45, 7) is 7.18. The number of nitrogens with zero attached hydrogens (tertiary/aromatic N) is 3. The van der Waals surface area contributed by atoms with Crippen LogP contribution in [0.4, 0.5) is 10.2 Å². The molecule has 1 aliphatic rings. The molecule has 1 aromatic rings. The summed E-state index contributed by atoms with van der Waals surface area (Å²) in [7, 11) is 0. The Labute approximate surface area is 108 Å². The van der Waals surface area contributed by atoms with E-state index >= 15 is 0 Å². The zero-order valence-electron chi connectivity index (χ0n) is 11.2. The molecule has 2 heterocycles. The first-order valence-electron chi connectivity index (χ1n) is 6.46. The molecular formula is C14H20FN3. The third kappa shape index (κ3) is 3.43. The topological polar surface area (TPSA) is 39.9 Å². The van der Waals surface area contributed by atoms with Crippen LogP contribution in [0.15, 0.2) is 18.3 Å². The van der Waals surface area contributed by atoms with Crippen LogP contribution in [0.2, 0.25) is 0 Å². The van der Waals surface area contributed by atoms with E-state index in [9.17, 15) is 4.39 Å². The van der Waals surface area contributed by atoms with Crippen LogP contribution < -0.4 is 4.90 Å². The van der Waals surface area contributed by atoms with Crippen LogP contribution in [0.1, 0.15) is 32.8 Å². The average molecular weight is 249 g/mol. The Kier molecular flexibility index (Phi) is 5.57. The molecule has 0 spiro atoms. The number of hydrogen-bond donors (Lipinski definition) is 0. The largest absolute Gasteiger partial charge is 0.354 e. The van der Waals surface area contributed by atoms with E-state index in [4.69, 9.17) is 5.26 Å². The maximum absolute atomic E-state index is 13.5. The summed E-state index contributed by atoms with van der Waals surface area (Å²) in [6.07, 6.45) is 1.59. The number of halogens is 1. The number of alkyl halides is 1. The summed E-state index contributed by atoms with van der Waals surface area (Å²) in [4.78, 5) is 6.11. The summed E-state index contributed by atoms with van der Waals surface area (Å²) in [5.41, 5.74) is 0.533. The second-order valence-corrected chi connectivity index (χ2v) is 4.24.